The van der Waals surface area contributed by atoms with Crippen LogP contribution in [0.1, 0.15) is 10.4 Å². The molecule has 0 saturated heterocycles. The van der Waals surface area contributed by atoms with Crippen LogP contribution in [0.15, 0.2) is 12.1 Å². The molecule has 7 nitrogen and oxygen atoms in total. The Morgan fingerprint density at radius 1 is 1.14 bits per heavy atom. The summed E-state index contributed by atoms with van der Waals surface area (Å²) in [5, 5.41) is 26.6. The van der Waals surface area contributed by atoms with Gasteiger partial charge in [0.05, 0.1) is 47.5 Å². The molecule has 120 valence electrons. The quantitative estimate of drug-likeness (QED) is 0.696. The molecule has 0 atom stereocenters. The number of hydrogen-bond donors (Lipinski definition) is 3. The van der Waals surface area contributed by atoms with Crippen LogP contribution in [0.2, 0.25) is 0 Å². The maximum atomic E-state index is 10.7. The van der Waals surface area contributed by atoms with E-state index in [0.29, 0.717) is 0 Å². The minimum atomic E-state index is -1.11. The second-order valence-electron chi connectivity index (χ2n) is 5.27. The highest BCUT2D eigenvalue weighted by Crippen LogP contribution is 2.36. The number of phenolic OH excluding ortho intramolecular Hbond substituents is 1. The molecule has 1 aromatic rings. The van der Waals surface area contributed by atoms with E-state index in [0.717, 1.165) is 11.0 Å². The number of hydrogen-bond acceptors (Lipinski definition) is 5. The molecule has 1 aromatic carbocycles. The molecule has 0 aliphatic carbocycles. The zero-order valence-corrected chi connectivity index (χ0v) is 13.1. The van der Waals surface area contributed by atoms with Gasteiger partial charge in [-0.15, -0.1) is 0 Å². The maximum absolute atomic E-state index is 10.7. The molecular formula is C14H24NO6+. The van der Waals surface area contributed by atoms with Crippen molar-refractivity contribution in [1.29, 1.82) is 0 Å². The molecule has 3 N–H and O–H groups in total. The first-order valence-electron chi connectivity index (χ1n) is 6.25. The molecule has 0 fully saturated rings. The second kappa shape index (κ2) is 8.33. The molecule has 0 amide bonds. The van der Waals surface area contributed by atoms with E-state index in [2.05, 4.69) is 21.1 Å². The van der Waals surface area contributed by atoms with Crippen LogP contribution in [0.5, 0.6) is 17.2 Å². The Hall–Kier alpha value is -1.99. The summed E-state index contributed by atoms with van der Waals surface area (Å²) in [7, 11) is 8.82. The summed E-state index contributed by atoms with van der Waals surface area (Å²) in [5.41, 5.74) is -0.00324. The van der Waals surface area contributed by atoms with Gasteiger partial charge in [-0.3, -0.25) is 0 Å². The van der Waals surface area contributed by atoms with Gasteiger partial charge >= 0.3 is 5.97 Å². The molecule has 0 aliphatic heterocycles. The predicted molar refractivity (Wildman–Crippen MR) is 78.2 cm³/mol. The van der Waals surface area contributed by atoms with Gasteiger partial charge < -0.3 is 29.3 Å². The summed E-state index contributed by atoms with van der Waals surface area (Å²) in [6, 6.07) is 2.44. The smallest absolute Gasteiger partial charge is 0.335 e. The zero-order chi connectivity index (χ0) is 16.6. The third kappa shape index (κ3) is 6.82. The van der Waals surface area contributed by atoms with Gasteiger partial charge in [0.25, 0.3) is 0 Å². The lowest BCUT2D eigenvalue weighted by molar-refractivity contribution is -0.870. The van der Waals surface area contributed by atoms with Crippen molar-refractivity contribution in [3.63, 3.8) is 0 Å². The molecule has 0 aromatic heterocycles. The van der Waals surface area contributed by atoms with E-state index in [9.17, 15) is 9.90 Å². The molecule has 0 aliphatic rings. The van der Waals surface area contributed by atoms with Crippen LogP contribution in [-0.4, -0.2) is 74.3 Å². The monoisotopic (exact) mass is 302 g/mol. The molecular weight excluding hydrogens is 278 g/mol. The van der Waals surface area contributed by atoms with Crippen molar-refractivity contribution in [1.82, 2.24) is 0 Å². The fourth-order valence-corrected chi connectivity index (χ4v) is 1.32. The lowest BCUT2D eigenvalue weighted by Crippen LogP contribution is -2.36. The lowest BCUT2D eigenvalue weighted by atomic mass is 10.2. The number of aromatic hydroxyl groups is 1. The summed E-state index contributed by atoms with van der Waals surface area (Å²) in [4.78, 5) is 10.7. The molecule has 0 heterocycles. The number of nitrogens with zero attached hydrogens (tertiary/aromatic N) is 1. The number of benzene rings is 1. The van der Waals surface area contributed by atoms with E-state index in [1.54, 1.807) is 0 Å². The van der Waals surface area contributed by atoms with Crippen LogP contribution in [0, 0.1) is 0 Å². The Balaban J connectivity index is 0.000000486. The topological polar surface area (TPSA) is 96.2 Å². The normalized spacial score (nSPS) is 10.4. The highest BCUT2D eigenvalue weighted by molar-refractivity contribution is 5.89. The zero-order valence-electron chi connectivity index (χ0n) is 13.1. The van der Waals surface area contributed by atoms with Crippen molar-refractivity contribution in [3.05, 3.63) is 17.7 Å². The predicted octanol–water partition coefficient (Wildman–Crippen LogP) is 0.792. The summed E-state index contributed by atoms with van der Waals surface area (Å²) >= 11 is 0. The Bertz CT molecular complexity index is 442. The third-order valence-corrected chi connectivity index (χ3v) is 2.50. The SMILES string of the molecule is COc1cc(C(=O)O)cc(OC)c1O.C[N+](C)(C)CCO. The highest BCUT2D eigenvalue weighted by Gasteiger charge is 2.14. The fraction of sp³-hybridized carbons (Fsp3) is 0.500. The minimum absolute atomic E-state index is 0.00324. The van der Waals surface area contributed by atoms with Gasteiger partial charge in [-0.25, -0.2) is 4.79 Å². The van der Waals surface area contributed by atoms with E-state index in [1.165, 1.54) is 26.4 Å². The van der Waals surface area contributed by atoms with Crippen molar-refractivity contribution < 1.29 is 34.1 Å². The van der Waals surface area contributed by atoms with E-state index in [1.807, 2.05) is 0 Å². The van der Waals surface area contributed by atoms with Crippen molar-refractivity contribution in [2.75, 3.05) is 48.5 Å². The van der Waals surface area contributed by atoms with Crippen molar-refractivity contribution in [2.24, 2.45) is 0 Å². The number of likely N-dealkylation sites (N-methyl/N-ethyl adjacent to an activating group) is 1. The number of carbonyl (C=O) groups is 1. The molecule has 0 bridgehead atoms. The molecule has 7 heteroatoms. The Morgan fingerprint density at radius 2 is 1.57 bits per heavy atom. The van der Waals surface area contributed by atoms with Crippen LogP contribution < -0.4 is 9.47 Å². The number of phenols is 1. The number of aliphatic hydroxyl groups is 1. The van der Waals surface area contributed by atoms with Crippen LogP contribution >= 0.6 is 0 Å². The number of aromatic carboxylic acids is 1. The number of rotatable bonds is 5. The molecule has 0 spiro atoms. The first kappa shape index (κ1) is 19.0. The number of quaternary nitrogens is 1. The second-order valence-corrected chi connectivity index (χ2v) is 5.27. The van der Waals surface area contributed by atoms with Gasteiger partial charge in [-0.1, -0.05) is 0 Å². The highest BCUT2D eigenvalue weighted by atomic mass is 16.5. The lowest BCUT2D eigenvalue weighted by Gasteiger charge is -2.21. The minimum Gasteiger partial charge on any atom is -0.502 e. The van der Waals surface area contributed by atoms with E-state index in [-0.39, 0.29) is 29.4 Å². The van der Waals surface area contributed by atoms with Gasteiger partial charge in [0, 0.05) is 0 Å². The maximum Gasteiger partial charge on any atom is 0.335 e. The molecule has 21 heavy (non-hydrogen) atoms. The Kier molecular flexibility index (Phi) is 7.54. The average Bonchev–Trinajstić information content (AvgIpc) is 2.38. The Morgan fingerprint density at radius 3 is 1.76 bits per heavy atom. The largest absolute Gasteiger partial charge is 0.502 e. The molecule has 0 saturated carbocycles. The summed E-state index contributed by atoms with van der Waals surface area (Å²) in [6.45, 7) is 1.11. The van der Waals surface area contributed by atoms with Gasteiger partial charge in [-0.2, -0.15) is 0 Å². The van der Waals surface area contributed by atoms with E-state index >= 15 is 0 Å². The van der Waals surface area contributed by atoms with Crippen LogP contribution in [0.4, 0.5) is 0 Å². The molecule has 0 unspecified atom stereocenters. The van der Waals surface area contributed by atoms with Crippen molar-refractivity contribution >= 4 is 5.97 Å². The fourth-order valence-electron chi connectivity index (χ4n) is 1.32. The van der Waals surface area contributed by atoms with Gasteiger partial charge in [0.15, 0.2) is 11.5 Å². The van der Waals surface area contributed by atoms with Gasteiger partial charge in [0.2, 0.25) is 5.75 Å². The summed E-state index contributed by atoms with van der Waals surface area (Å²) in [5.74, 6) is -1.18. The number of carboxylic acids is 1. The van der Waals surface area contributed by atoms with Gasteiger partial charge in [-0.05, 0) is 12.1 Å². The number of ether oxygens (including phenoxy) is 2. The number of methoxy groups -OCH3 is 2. The summed E-state index contributed by atoms with van der Waals surface area (Å²) < 4.78 is 10.4. The Labute approximate surface area is 124 Å². The molecule has 1 rings (SSSR count). The van der Waals surface area contributed by atoms with Crippen LogP contribution in [0.3, 0.4) is 0 Å². The van der Waals surface area contributed by atoms with Crippen molar-refractivity contribution in [3.8, 4) is 17.2 Å². The average molecular weight is 302 g/mol. The third-order valence-electron chi connectivity index (χ3n) is 2.50. The van der Waals surface area contributed by atoms with Crippen LogP contribution in [0.25, 0.3) is 0 Å². The van der Waals surface area contributed by atoms with Gasteiger partial charge in [0.1, 0.15) is 6.54 Å². The van der Waals surface area contributed by atoms with E-state index in [4.69, 9.17) is 19.7 Å². The number of aliphatic hydroxyl groups excluding tert-OH is 1. The standard InChI is InChI=1S/C9H10O5.C5H14NO/c1-13-6-3-5(9(11)12)4-7(14-2)8(6)10;1-6(2,3)4-5-7/h3-4,10H,1-2H3,(H,11,12);7H,4-5H2,1-3H3/q;+1. The first-order chi connectivity index (χ1) is 9.66. The van der Waals surface area contributed by atoms with Crippen LogP contribution in [-0.2, 0) is 0 Å². The van der Waals surface area contributed by atoms with Crippen molar-refractivity contribution in [2.45, 2.75) is 0 Å². The molecule has 0 radical (unpaired) electrons. The summed E-state index contributed by atoms with van der Waals surface area (Å²) in [6.07, 6.45) is 0. The number of carboxylic acid groups (broad SMARTS) is 1. The first-order valence-corrected chi connectivity index (χ1v) is 6.25. The van der Waals surface area contributed by atoms with E-state index < -0.39 is 5.97 Å².